The Morgan fingerprint density at radius 3 is 2.83 bits per heavy atom. The number of fused-ring (bicyclic) bond motifs is 1. The summed E-state index contributed by atoms with van der Waals surface area (Å²) in [7, 11) is 0. The Morgan fingerprint density at radius 1 is 1.25 bits per heavy atom. The molecule has 2 aromatic rings. The molecule has 40 heavy (non-hydrogen) atoms. The molecule has 214 valence electrons. The number of halogens is 2. The van der Waals surface area contributed by atoms with Crippen molar-refractivity contribution in [1.29, 1.82) is 0 Å². The number of nitrogens with one attached hydrogen (secondary N) is 4. The van der Waals surface area contributed by atoms with E-state index in [1.165, 1.54) is 29.0 Å². The van der Waals surface area contributed by atoms with Crippen molar-refractivity contribution in [1.82, 2.24) is 31.4 Å². The summed E-state index contributed by atoms with van der Waals surface area (Å²) in [6, 6.07) is 10.8. The zero-order chi connectivity index (χ0) is 28.5. The number of carbonyl (C=O) groups is 3. The maximum absolute atomic E-state index is 14.0. The number of urea groups is 1. The van der Waals surface area contributed by atoms with E-state index in [1.807, 2.05) is 30.3 Å². The number of benzene rings is 2. The van der Waals surface area contributed by atoms with Gasteiger partial charge in [-0.1, -0.05) is 48.0 Å². The van der Waals surface area contributed by atoms with Crippen LogP contribution in [-0.2, 0) is 27.5 Å². The van der Waals surface area contributed by atoms with Crippen LogP contribution in [0.25, 0.3) is 6.08 Å². The monoisotopic (exact) mass is 572 g/mol. The van der Waals surface area contributed by atoms with Crippen molar-refractivity contribution in [3.8, 4) is 0 Å². The van der Waals surface area contributed by atoms with E-state index in [1.54, 1.807) is 12.3 Å². The Morgan fingerprint density at radius 2 is 2.08 bits per heavy atom. The number of hydrogen-bond acceptors (Lipinski definition) is 7. The van der Waals surface area contributed by atoms with Crippen LogP contribution in [0.1, 0.15) is 36.5 Å². The zero-order valence-electron chi connectivity index (χ0n) is 22.2. The number of rotatable bonds is 11. The highest BCUT2D eigenvalue weighted by molar-refractivity contribution is 6.31. The molecule has 4 N–H and O–H groups in total. The van der Waals surface area contributed by atoms with Gasteiger partial charge in [0.15, 0.2) is 0 Å². The Kier molecular flexibility index (Phi) is 10.6. The molecular weight excluding hydrogens is 539 g/mol. The first-order valence-corrected chi connectivity index (χ1v) is 13.6. The normalized spacial score (nSPS) is 18.0. The summed E-state index contributed by atoms with van der Waals surface area (Å²) in [5.74, 6) is -0.911. The molecule has 1 saturated heterocycles. The Balaban J connectivity index is 1.53. The van der Waals surface area contributed by atoms with Gasteiger partial charge in [0.2, 0.25) is 5.91 Å². The highest BCUT2D eigenvalue weighted by Crippen LogP contribution is 2.22. The zero-order valence-corrected chi connectivity index (χ0v) is 23.0. The molecule has 2 aliphatic heterocycles. The van der Waals surface area contributed by atoms with Crippen LogP contribution in [-0.4, -0.2) is 66.0 Å². The highest BCUT2D eigenvalue weighted by atomic mass is 35.5. The Labute approximate surface area is 237 Å². The number of amides is 3. The number of nitrogens with zero attached hydrogens (tertiary/aromatic N) is 2. The summed E-state index contributed by atoms with van der Waals surface area (Å²) in [5, 5.41) is 8.01. The van der Waals surface area contributed by atoms with Gasteiger partial charge in [0.1, 0.15) is 18.2 Å². The molecule has 0 aliphatic carbocycles. The van der Waals surface area contributed by atoms with Crippen molar-refractivity contribution < 1.29 is 23.6 Å². The summed E-state index contributed by atoms with van der Waals surface area (Å²) in [5.41, 5.74) is 8.12. The number of piperazine rings is 1. The largest absolute Gasteiger partial charge is 0.345 e. The van der Waals surface area contributed by atoms with Crippen LogP contribution in [0.4, 0.5) is 9.18 Å². The lowest BCUT2D eigenvalue weighted by Crippen LogP contribution is -2.64. The van der Waals surface area contributed by atoms with Crippen LogP contribution in [0, 0.1) is 5.82 Å². The van der Waals surface area contributed by atoms with E-state index in [4.69, 9.17) is 16.4 Å². The van der Waals surface area contributed by atoms with Gasteiger partial charge in [-0.3, -0.25) is 19.5 Å². The first kappa shape index (κ1) is 29.6. The third-order valence-corrected chi connectivity index (χ3v) is 7.37. The molecule has 0 radical (unpaired) electrons. The summed E-state index contributed by atoms with van der Waals surface area (Å²) < 4.78 is 14.0. The second kappa shape index (κ2) is 14.3. The summed E-state index contributed by atoms with van der Waals surface area (Å²) in [6.45, 7) is 3.72. The van der Waals surface area contributed by atoms with Crippen molar-refractivity contribution in [2.24, 2.45) is 0 Å². The average molecular weight is 573 g/mol. The molecule has 0 spiro atoms. The van der Waals surface area contributed by atoms with Crippen molar-refractivity contribution in [2.75, 3.05) is 19.6 Å². The van der Waals surface area contributed by atoms with Gasteiger partial charge in [0.25, 0.3) is 0 Å². The molecule has 2 unspecified atom stereocenters. The summed E-state index contributed by atoms with van der Waals surface area (Å²) in [6.07, 6.45) is 3.96. The molecule has 10 nitrogen and oxygen atoms in total. The van der Waals surface area contributed by atoms with Crippen LogP contribution in [0.2, 0.25) is 5.02 Å². The molecule has 0 aromatic heterocycles. The predicted octanol–water partition coefficient (Wildman–Crippen LogP) is 2.74. The minimum atomic E-state index is -0.753. The van der Waals surface area contributed by atoms with Gasteiger partial charge in [-0.2, -0.15) is 0 Å². The molecule has 0 bridgehead atoms. The third kappa shape index (κ3) is 7.43. The van der Waals surface area contributed by atoms with Crippen LogP contribution in [0.5, 0.6) is 0 Å². The van der Waals surface area contributed by atoms with E-state index in [9.17, 15) is 18.8 Å². The molecular formula is C28H34ClFN6O4. The molecule has 2 aliphatic rings. The molecule has 12 heteroatoms. The van der Waals surface area contributed by atoms with Crippen molar-refractivity contribution in [2.45, 2.75) is 51.0 Å². The molecule has 4 rings (SSSR count). The number of hydroxylamine groups is 1. The van der Waals surface area contributed by atoms with Gasteiger partial charge in [-0.25, -0.2) is 20.1 Å². The second-order valence-corrected chi connectivity index (χ2v) is 10.0. The van der Waals surface area contributed by atoms with Gasteiger partial charge in [-0.05, 0) is 35.3 Å². The molecule has 3 amide bonds. The quantitative estimate of drug-likeness (QED) is 0.242. The minimum absolute atomic E-state index is 0.0442. The van der Waals surface area contributed by atoms with Crippen LogP contribution in [0.3, 0.4) is 0 Å². The highest BCUT2D eigenvalue weighted by Gasteiger charge is 2.37. The van der Waals surface area contributed by atoms with E-state index < -0.39 is 24.0 Å². The molecule has 3 atom stereocenters. The number of aldehydes is 1. The number of hydrazine groups is 1. The van der Waals surface area contributed by atoms with Gasteiger partial charge >= 0.3 is 6.03 Å². The maximum Gasteiger partial charge on any atom is 0.345 e. The van der Waals surface area contributed by atoms with Crippen LogP contribution in [0.15, 0.2) is 48.7 Å². The molecule has 1 fully saturated rings. The van der Waals surface area contributed by atoms with Crippen molar-refractivity contribution >= 4 is 35.9 Å². The van der Waals surface area contributed by atoms with E-state index in [0.29, 0.717) is 25.2 Å². The maximum atomic E-state index is 14.0. The SMILES string of the molecule is CC(=O)N(NCc1cccc(F)c1Cl)[C@@H](CCC=O)C(ONC(=O)N1C=Cc2ccccc2C1)C1CNCCN1. The summed E-state index contributed by atoms with van der Waals surface area (Å²) in [4.78, 5) is 45.0. The van der Waals surface area contributed by atoms with Gasteiger partial charge in [0, 0.05) is 45.7 Å². The molecule has 0 saturated carbocycles. The third-order valence-electron chi connectivity index (χ3n) is 6.94. The van der Waals surface area contributed by atoms with E-state index in [2.05, 4.69) is 21.5 Å². The lowest BCUT2D eigenvalue weighted by molar-refractivity contribution is -0.145. The van der Waals surface area contributed by atoms with E-state index in [0.717, 1.165) is 24.0 Å². The topological polar surface area (TPSA) is 115 Å². The van der Waals surface area contributed by atoms with E-state index in [-0.39, 0.29) is 36.4 Å². The van der Waals surface area contributed by atoms with Crippen molar-refractivity contribution in [3.63, 3.8) is 0 Å². The fourth-order valence-corrected chi connectivity index (χ4v) is 5.09. The van der Waals surface area contributed by atoms with Gasteiger partial charge in [0.05, 0.1) is 23.7 Å². The summed E-state index contributed by atoms with van der Waals surface area (Å²) >= 11 is 6.13. The Hall–Kier alpha value is -3.35. The minimum Gasteiger partial charge on any atom is -0.314 e. The smallest absolute Gasteiger partial charge is 0.314 e. The standard InChI is InChI=1S/C28H34ClFN6O4/c1-19(38)36(33-16-21-8-4-9-23(30)26(21)29)25(10-5-15-37)27(24-17-31-12-13-32-24)40-34-28(39)35-14-11-20-6-2-3-7-22(20)18-35/h2-4,6-9,11,14-15,24-25,27,31-33H,5,10,12-13,16-18H2,1H3,(H,34,39)/t24?,25-,27?/m0/s1. The number of carbonyl (C=O) groups excluding carboxylic acids is 3. The van der Waals surface area contributed by atoms with Crippen molar-refractivity contribution in [3.05, 3.63) is 76.2 Å². The predicted molar refractivity (Wildman–Crippen MR) is 149 cm³/mol. The van der Waals surface area contributed by atoms with Gasteiger partial charge < -0.3 is 15.4 Å². The average Bonchev–Trinajstić information content (AvgIpc) is 2.97. The van der Waals surface area contributed by atoms with Crippen LogP contribution >= 0.6 is 11.6 Å². The lowest BCUT2D eigenvalue weighted by Gasteiger charge is -2.41. The number of hydrogen-bond donors (Lipinski definition) is 4. The first-order chi connectivity index (χ1) is 19.4. The van der Waals surface area contributed by atoms with Crippen LogP contribution < -0.4 is 21.5 Å². The Bertz CT molecular complexity index is 1230. The first-order valence-electron chi connectivity index (χ1n) is 13.2. The fourth-order valence-electron chi connectivity index (χ4n) is 4.90. The van der Waals surface area contributed by atoms with Gasteiger partial charge in [-0.15, -0.1) is 0 Å². The fraction of sp³-hybridized carbons (Fsp3) is 0.393. The molecule has 2 heterocycles. The second-order valence-electron chi connectivity index (χ2n) is 9.65. The van der Waals surface area contributed by atoms with E-state index >= 15 is 0 Å². The molecule has 2 aromatic carbocycles. The lowest BCUT2D eigenvalue weighted by atomic mass is 9.97.